The number of rotatable bonds is 5. The van der Waals surface area contributed by atoms with Gasteiger partial charge in [-0.25, -0.2) is 0 Å². The Morgan fingerprint density at radius 2 is 1.95 bits per heavy atom. The minimum atomic E-state index is 0.0675. The molecule has 1 fully saturated rings. The van der Waals surface area contributed by atoms with Gasteiger partial charge in [0.05, 0.1) is 38.9 Å². The van der Waals surface area contributed by atoms with Gasteiger partial charge >= 0.3 is 0 Å². The molecule has 1 aromatic rings. The van der Waals surface area contributed by atoms with E-state index in [0.717, 1.165) is 24.1 Å². The summed E-state index contributed by atoms with van der Waals surface area (Å²) in [5.41, 5.74) is 0.750. The normalized spacial score (nSPS) is 25.4. The van der Waals surface area contributed by atoms with Crippen LogP contribution in [0.25, 0.3) is 0 Å². The van der Waals surface area contributed by atoms with Crippen LogP contribution in [0, 0.1) is 11.8 Å². The highest BCUT2D eigenvalue weighted by molar-refractivity contribution is 5.92. The summed E-state index contributed by atoms with van der Waals surface area (Å²) >= 11 is 0. The van der Waals surface area contributed by atoms with E-state index in [9.17, 15) is 4.79 Å². The summed E-state index contributed by atoms with van der Waals surface area (Å²) in [6.45, 7) is 7.91. The van der Waals surface area contributed by atoms with Gasteiger partial charge < -0.3 is 15.0 Å². The van der Waals surface area contributed by atoms with Crippen molar-refractivity contribution in [3.8, 4) is 5.75 Å². The van der Waals surface area contributed by atoms with E-state index in [1.807, 2.05) is 24.3 Å². The van der Waals surface area contributed by atoms with Gasteiger partial charge in [-0.2, -0.15) is 0 Å². The molecule has 2 rings (SSSR count). The number of nitrogens with one attached hydrogen (secondary N) is 2. The van der Waals surface area contributed by atoms with Crippen molar-refractivity contribution in [2.24, 2.45) is 11.8 Å². The molecule has 2 N–H and O–H groups in total. The number of hydrogen-bond donors (Lipinski definition) is 2. The minimum absolute atomic E-state index is 0.0675. The second kappa shape index (κ2) is 7.46. The SMILES string of the molecule is COc1ccccc1NC(=O)CC[NH+]1C[C@@H](C)C[C@H](C)C1. The monoisotopic (exact) mass is 291 g/mol. The first-order chi connectivity index (χ1) is 10.1. The maximum Gasteiger partial charge on any atom is 0.230 e. The van der Waals surface area contributed by atoms with Crippen LogP contribution in [-0.2, 0) is 4.79 Å². The number of methoxy groups -OCH3 is 1. The molecule has 1 heterocycles. The van der Waals surface area contributed by atoms with Crippen LogP contribution in [0.3, 0.4) is 0 Å². The number of amides is 1. The fraction of sp³-hybridized carbons (Fsp3) is 0.588. The Morgan fingerprint density at radius 1 is 1.29 bits per heavy atom. The second-order valence-corrected chi connectivity index (χ2v) is 6.35. The molecular formula is C17H27N2O2+. The van der Waals surface area contributed by atoms with Crippen molar-refractivity contribution in [2.75, 3.05) is 32.1 Å². The predicted octanol–water partition coefficient (Wildman–Crippen LogP) is 1.58. The molecule has 1 amide bonds. The van der Waals surface area contributed by atoms with Gasteiger partial charge in [0.2, 0.25) is 5.91 Å². The van der Waals surface area contributed by atoms with Gasteiger partial charge in [-0.3, -0.25) is 4.79 Å². The molecule has 0 aliphatic carbocycles. The number of anilines is 1. The summed E-state index contributed by atoms with van der Waals surface area (Å²) in [4.78, 5) is 13.7. The molecule has 0 unspecified atom stereocenters. The van der Waals surface area contributed by atoms with Crippen molar-refractivity contribution in [1.82, 2.24) is 0 Å². The quantitative estimate of drug-likeness (QED) is 0.865. The molecule has 1 saturated heterocycles. The lowest BCUT2D eigenvalue weighted by Crippen LogP contribution is -3.14. The average molecular weight is 291 g/mol. The third kappa shape index (κ3) is 4.74. The molecule has 0 saturated carbocycles. The van der Waals surface area contributed by atoms with Crippen molar-refractivity contribution in [3.63, 3.8) is 0 Å². The van der Waals surface area contributed by atoms with Crippen LogP contribution < -0.4 is 15.0 Å². The van der Waals surface area contributed by atoms with E-state index >= 15 is 0 Å². The molecule has 1 aliphatic heterocycles. The van der Waals surface area contributed by atoms with Crippen LogP contribution in [-0.4, -0.2) is 32.7 Å². The fourth-order valence-electron chi connectivity index (χ4n) is 3.38. The highest BCUT2D eigenvalue weighted by Crippen LogP contribution is 2.22. The molecule has 4 nitrogen and oxygen atoms in total. The molecule has 0 aromatic heterocycles. The van der Waals surface area contributed by atoms with Crippen LogP contribution in [0.2, 0.25) is 0 Å². The highest BCUT2D eigenvalue weighted by Gasteiger charge is 2.25. The van der Waals surface area contributed by atoms with E-state index in [4.69, 9.17) is 4.74 Å². The zero-order chi connectivity index (χ0) is 15.2. The van der Waals surface area contributed by atoms with E-state index in [0.29, 0.717) is 12.2 Å². The Hall–Kier alpha value is -1.55. The number of carbonyl (C=O) groups excluding carboxylic acids is 1. The topological polar surface area (TPSA) is 42.8 Å². The maximum atomic E-state index is 12.1. The predicted molar refractivity (Wildman–Crippen MR) is 84.7 cm³/mol. The Kier molecular flexibility index (Phi) is 5.62. The molecule has 2 atom stereocenters. The number of hydrogen-bond acceptors (Lipinski definition) is 2. The number of quaternary nitrogens is 1. The van der Waals surface area contributed by atoms with Crippen molar-refractivity contribution in [1.29, 1.82) is 0 Å². The molecule has 4 heteroatoms. The second-order valence-electron chi connectivity index (χ2n) is 6.35. The third-order valence-electron chi connectivity index (χ3n) is 4.17. The van der Waals surface area contributed by atoms with Gasteiger partial charge in [0.15, 0.2) is 0 Å². The molecule has 0 spiro atoms. The first kappa shape index (κ1) is 15.8. The Balaban J connectivity index is 1.82. The van der Waals surface area contributed by atoms with Crippen LogP contribution >= 0.6 is 0 Å². The van der Waals surface area contributed by atoms with Crippen LogP contribution in [0.5, 0.6) is 5.75 Å². The fourth-order valence-corrected chi connectivity index (χ4v) is 3.38. The first-order valence-corrected chi connectivity index (χ1v) is 7.85. The van der Waals surface area contributed by atoms with Gasteiger partial charge in [0.1, 0.15) is 5.75 Å². The summed E-state index contributed by atoms with van der Waals surface area (Å²) in [5.74, 6) is 2.30. The molecule has 1 aromatic carbocycles. The number of piperidine rings is 1. The van der Waals surface area contributed by atoms with Gasteiger partial charge in [0.25, 0.3) is 0 Å². The average Bonchev–Trinajstić information content (AvgIpc) is 2.45. The first-order valence-electron chi connectivity index (χ1n) is 7.85. The van der Waals surface area contributed by atoms with Gasteiger partial charge in [-0.15, -0.1) is 0 Å². The molecule has 116 valence electrons. The number of para-hydroxylation sites is 2. The summed E-state index contributed by atoms with van der Waals surface area (Å²) in [7, 11) is 1.62. The van der Waals surface area contributed by atoms with Crippen molar-refractivity contribution < 1.29 is 14.4 Å². The van der Waals surface area contributed by atoms with E-state index in [-0.39, 0.29) is 5.91 Å². The van der Waals surface area contributed by atoms with Crippen LogP contribution in [0.1, 0.15) is 26.7 Å². The lowest BCUT2D eigenvalue weighted by molar-refractivity contribution is -0.911. The summed E-state index contributed by atoms with van der Waals surface area (Å²) < 4.78 is 5.25. The summed E-state index contributed by atoms with van der Waals surface area (Å²) in [6.07, 6.45) is 1.88. The van der Waals surface area contributed by atoms with Crippen molar-refractivity contribution in [2.45, 2.75) is 26.7 Å². The van der Waals surface area contributed by atoms with Crippen molar-refractivity contribution >= 4 is 11.6 Å². The zero-order valence-electron chi connectivity index (χ0n) is 13.3. The summed E-state index contributed by atoms with van der Waals surface area (Å²) in [6, 6.07) is 7.52. The Labute approximate surface area is 127 Å². The smallest absolute Gasteiger partial charge is 0.230 e. The van der Waals surface area contributed by atoms with Gasteiger partial charge in [-0.1, -0.05) is 26.0 Å². The summed E-state index contributed by atoms with van der Waals surface area (Å²) in [5, 5.41) is 2.95. The largest absolute Gasteiger partial charge is 0.495 e. The van der Waals surface area contributed by atoms with E-state index in [1.165, 1.54) is 19.5 Å². The molecule has 21 heavy (non-hydrogen) atoms. The van der Waals surface area contributed by atoms with E-state index < -0.39 is 0 Å². The zero-order valence-corrected chi connectivity index (χ0v) is 13.3. The number of carbonyl (C=O) groups is 1. The number of ether oxygens (including phenoxy) is 1. The van der Waals surface area contributed by atoms with E-state index in [2.05, 4.69) is 19.2 Å². The lowest BCUT2D eigenvalue weighted by atomic mass is 9.92. The molecule has 0 radical (unpaired) electrons. The Morgan fingerprint density at radius 3 is 2.62 bits per heavy atom. The van der Waals surface area contributed by atoms with Crippen LogP contribution in [0.4, 0.5) is 5.69 Å². The minimum Gasteiger partial charge on any atom is -0.495 e. The standard InChI is InChI=1S/C17H26N2O2/c1-13-10-14(2)12-19(11-13)9-8-17(20)18-15-6-4-5-7-16(15)21-3/h4-7,13-14H,8-12H2,1-3H3,(H,18,20)/p+1/t13-,14-/m0/s1. The lowest BCUT2D eigenvalue weighted by Gasteiger charge is -2.31. The molecule has 0 bridgehead atoms. The Bertz CT molecular complexity index is 466. The van der Waals surface area contributed by atoms with Crippen molar-refractivity contribution in [3.05, 3.63) is 24.3 Å². The van der Waals surface area contributed by atoms with Gasteiger partial charge in [-0.05, 0) is 18.6 Å². The number of benzene rings is 1. The molecular weight excluding hydrogens is 264 g/mol. The number of likely N-dealkylation sites (tertiary alicyclic amines) is 1. The highest BCUT2D eigenvalue weighted by atomic mass is 16.5. The van der Waals surface area contributed by atoms with E-state index in [1.54, 1.807) is 12.0 Å². The van der Waals surface area contributed by atoms with Gasteiger partial charge in [0, 0.05) is 11.8 Å². The van der Waals surface area contributed by atoms with Crippen LogP contribution in [0.15, 0.2) is 24.3 Å². The maximum absolute atomic E-state index is 12.1. The molecule has 1 aliphatic rings. The third-order valence-corrected chi connectivity index (χ3v) is 4.17.